The minimum absolute atomic E-state index is 0.0996. The van der Waals surface area contributed by atoms with Crippen molar-refractivity contribution in [2.75, 3.05) is 0 Å². The van der Waals surface area contributed by atoms with E-state index in [9.17, 15) is 0 Å². The monoisotopic (exact) mass is 1860 g/mol. The molecular formula is C146H100. The van der Waals surface area contributed by atoms with Crippen molar-refractivity contribution in [1.29, 1.82) is 0 Å². The fourth-order valence-corrected chi connectivity index (χ4v) is 24.7. The molecule has 146 heavy (non-hydrogen) atoms. The van der Waals surface area contributed by atoms with Crippen LogP contribution in [0.3, 0.4) is 0 Å². The molecule has 27 aromatic carbocycles. The van der Waals surface area contributed by atoms with Gasteiger partial charge in [0.05, 0.1) is 6.85 Å². The second-order valence-corrected chi connectivity index (χ2v) is 40.1. The van der Waals surface area contributed by atoms with Crippen LogP contribution < -0.4 is 0 Å². The lowest BCUT2D eigenvalue weighted by atomic mass is 9.79. The van der Waals surface area contributed by atoms with Gasteiger partial charge in [0.1, 0.15) is 0 Å². The number of rotatable bonds is 11. The van der Waals surface area contributed by atoms with Gasteiger partial charge in [0.15, 0.2) is 0 Å². The highest BCUT2D eigenvalue weighted by molar-refractivity contribution is 6.29. The minimum Gasteiger partial charge on any atom is -0.0622 e. The van der Waals surface area contributed by atoms with E-state index in [4.69, 9.17) is 6.85 Å². The molecule has 29 rings (SSSR count). The van der Waals surface area contributed by atoms with E-state index < -0.39 is 6.04 Å². The lowest BCUT2D eigenvalue weighted by Gasteiger charge is -2.23. The van der Waals surface area contributed by atoms with Crippen molar-refractivity contribution in [3.63, 3.8) is 0 Å². The van der Waals surface area contributed by atoms with Gasteiger partial charge < -0.3 is 0 Å². The summed E-state index contributed by atoms with van der Waals surface area (Å²) in [6.45, 7) is 9.36. The highest BCUT2D eigenvalue weighted by Gasteiger charge is 2.38. The molecule has 0 aromatic heterocycles. The molecule has 27 aromatic rings. The van der Waals surface area contributed by atoms with E-state index in [2.05, 4.69) is 519 Å². The molecule has 0 N–H and O–H groups in total. The molecule has 0 atom stereocenters. The van der Waals surface area contributed by atoms with Gasteiger partial charge in [-0.3, -0.25) is 0 Å². The quantitative estimate of drug-likeness (QED) is 0.113. The zero-order valence-electron chi connectivity index (χ0n) is 86.4. The zero-order chi connectivity index (χ0) is 102. The Morgan fingerprint density at radius 3 is 0.719 bits per heavy atom. The molecule has 0 amide bonds. The van der Waals surface area contributed by atoms with Gasteiger partial charge in [-0.15, -0.1) is 0 Å². The van der Waals surface area contributed by atoms with Gasteiger partial charge >= 0.3 is 0 Å². The predicted octanol–water partition coefficient (Wildman–Crippen LogP) is 40.7. The van der Waals surface area contributed by atoms with Gasteiger partial charge in [0, 0.05) is 10.8 Å². The summed E-state index contributed by atoms with van der Waals surface area (Å²) in [4.78, 5) is 0. The van der Waals surface area contributed by atoms with E-state index in [-0.39, 0.29) is 40.6 Å². The van der Waals surface area contributed by atoms with Crippen LogP contribution in [0.4, 0.5) is 0 Å². The van der Waals surface area contributed by atoms with Crippen LogP contribution in [0.1, 0.15) is 56.8 Å². The molecule has 0 saturated carbocycles. The molecule has 2 aliphatic rings. The Labute approximate surface area is 858 Å². The lowest BCUT2D eigenvalue weighted by molar-refractivity contribution is 0.660. The highest BCUT2D eigenvalue weighted by Crippen LogP contribution is 2.57. The topological polar surface area (TPSA) is 0 Å². The standard InChI is InChI=1S/C59H40.C45H32.C42H28/c1-59(2)53-30-15-14-22-42(53)43-33-31-40(36-54(43)59)57-49-27-12-13-28-50(49)58(44-29-16-20-37-17-6-7-21-41(37)44)52-35-39(32-34-51(52)57)56-47-25-10-8-23-45(47)55(38-18-4-3-5-19-38)46-24-9-11-26-48(46)56;1-45(2)41-22-11-10-18-34(41)35-25-24-32(28-42(35)45)43-37-19-8-9-20-38(37)44(36-21-12-16-30-15-6-7-17-33(30)36)40-27-31(23-26-39(40)43)29-13-4-3-5-14-29;1-3-12-29(13-4-1)31-22-24-33(25-23-31)41-37-19-9-10-20-38(37)42(36-21-11-17-32-16-7-8-18-35(32)36)40-28-34(26-27-39(40)41)30-14-5-2-6-15-30/h3-36H,1-2H3;3-28H,1-2H3;1-28H/i;3D,4D,5D,13D,14D;. The molecule has 0 nitrogen and oxygen atoms in total. The van der Waals surface area contributed by atoms with Crippen molar-refractivity contribution in [3.05, 3.63) is 556 Å². The second kappa shape index (κ2) is 35.5. The molecule has 0 saturated heterocycles. The Bertz CT molecular complexity index is 10200. The summed E-state index contributed by atoms with van der Waals surface area (Å²) in [6, 6.07) is 182. The van der Waals surface area contributed by atoms with Crippen LogP contribution in [0.2, 0.25) is 0 Å². The third kappa shape index (κ3) is 14.4. The average molecular weight is 1860 g/mol. The molecule has 684 valence electrons. The third-order valence-electron chi connectivity index (χ3n) is 31.5. The first-order valence-corrected chi connectivity index (χ1v) is 50.7. The van der Waals surface area contributed by atoms with Crippen molar-refractivity contribution in [2.45, 2.75) is 38.5 Å². The van der Waals surface area contributed by atoms with Crippen LogP contribution in [0.5, 0.6) is 0 Å². The van der Waals surface area contributed by atoms with Crippen LogP contribution in [0.25, 0.3) is 263 Å². The largest absolute Gasteiger partial charge is 0.0629 e. The van der Waals surface area contributed by atoms with E-state index in [0.717, 1.165) is 54.6 Å². The fourth-order valence-electron chi connectivity index (χ4n) is 24.7. The molecule has 0 heteroatoms. The summed E-state index contributed by atoms with van der Waals surface area (Å²) in [7, 11) is 0. The Balaban J connectivity index is 0.000000113. The minimum atomic E-state index is -0.393. The lowest BCUT2D eigenvalue weighted by Crippen LogP contribution is -2.14. The van der Waals surface area contributed by atoms with Crippen LogP contribution in [-0.2, 0) is 10.8 Å². The molecular weight excluding hydrogens is 1750 g/mol. The normalized spacial score (nSPS) is 13.1. The SMILES string of the molecule is CC1(C)c2ccccc2-c2ccc(-c3c4ccccc4c(-c4cccc5ccccc45)c4cc(-c5c6ccccc6c(-c6ccccc6)c6ccccc56)ccc34)cc21.[2H]c1c([2H])c([2H])c(-c2ccc3c(-c4ccc5c(c4)C(C)(C)c4ccccc4-5)c4ccccc4c(-c4cccc5ccccc45)c3c2)c([2H])c1[2H].c1ccc(-c2ccc(-c3c4ccccc4c(-c4cccc5ccccc45)c4cc(-c5ccccc5)ccc34)cc2)cc1. The molecule has 0 bridgehead atoms. The molecule has 0 aliphatic heterocycles. The van der Waals surface area contributed by atoms with Crippen molar-refractivity contribution >= 4 is 118 Å². The van der Waals surface area contributed by atoms with Gasteiger partial charge in [-0.25, -0.2) is 0 Å². The zero-order valence-corrected chi connectivity index (χ0v) is 81.4. The summed E-state index contributed by atoms with van der Waals surface area (Å²) >= 11 is 0. The van der Waals surface area contributed by atoms with E-state index in [0.29, 0.717) is 5.56 Å². The molecule has 0 unspecified atom stereocenters. The Morgan fingerprint density at radius 1 is 0.130 bits per heavy atom. The van der Waals surface area contributed by atoms with Gasteiger partial charge in [0.2, 0.25) is 0 Å². The van der Waals surface area contributed by atoms with Crippen LogP contribution in [-0.4, -0.2) is 0 Å². The first-order chi connectivity index (χ1) is 74.1. The first kappa shape index (κ1) is 81.5. The number of hydrogen-bond acceptors (Lipinski definition) is 0. The Hall–Kier alpha value is -18.2. The van der Waals surface area contributed by atoms with E-state index >= 15 is 0 Å². The van der Waals surface area contributed by atoms with Crippen molar-refractivity contribution in [3.8, 4) is 145 Å². The molecule has 2 aliphatic carbocycles. The van der Waals surface area contributed by atoms with Crippen molar-refractivity contribution < 1.29 is 6.85 Å². The van der Waals surface area contributed by atoms with Gasteiger partial charge in [-0.05, 0) is 316 Å². The maximum absolute atomic E-state index is 8.81. The van der Waals surface area contributed by atoms with Gasteiger partial charge in [0.25, 0.3) is 0 Å². The summed E-state index contributed by atoms with van der Waals surface area (Å²) in [6.07, 6.45) is 0. The number of hydrogen-bond donors (Lipinski definition) is 0. The molecule has 0 spiro atoms. The summed E-state index contributed by atoms with van der Waals surface area (Å²) in [5, 5.41) is 26.7. The number of benzene rings is 27. The van der Waals surface area contributed by atoms with Crippen LogP contribution >= 0.6 is 0 Å². The van der Waals surface area contributed by atoms with Crippen molar-refractivity contribution in [2.24, 2.45) is 0 Å². The molecule has 0 fully saturated rings. The summed E-state index contributed by atoms with van der Waals surface area (Å²) in [5.74, 6) is 0. The van der Waals surface area contributed by atoms with Crippen LogP contribution in [0.15, 0.2) is 534 Å². The Morgan fingerprint density at radius 2 is 0.349 bits per heavy atom. The highest BCUT2D eigenvalue weighted by atomic mass is 14.4. The first-order valence-electron chi connectivity index (χ1n) is 53.2. The number of fused-ring (bicyclic) bond motifs is 17. The van der Waals surface area contributed by atoms with Crippen molar-refractivity contribution in [1.82, 2.24) is 0 Å². The maximum Gasteiger partial charge on any atom is 0.0629 e. The van der Waals surface area contributed by atoms with Crippen LogP contribution in [0, 0.1) is 0 Å². The van der Waals surface area contributed by atoms with E-state index in [1.54, 1.807) is 0 Å². The smallest absolute Gasteiger partial charge is 0.0622 e. The summed E-state index contributed by atoms with van der Waals surface area (Å²) < 4.78 is 42.6. The molecule has 0 heterocycles. The predicted molar refractivity (Wildman–Crippen MR) is 627 cm³/mol. The maximum atomic E-state index is 8.81. The van der Waals surface area contributed by atoms with E-state index in [1.807, 2.05) is 12.1 Å². The Kier molecular flexibility index (Phi) is 19.8. The fraction of sp³-hybridized carbons (Fsp3) is 0.0411. The summed E-state index contributed by atoms with van der Waals surface area (Å²) in [5.41, 5.74) is 35.6. The average Bonchev–Trinajstić information content (AvgIpc) is 1.45. The van der Waals surface area contributed by atoms with E-state index in [1.165, 1.54) is 220 Å². The molecule has 0 radical (unpaired) electrons. The van der Waals surface area contributed by atoms with Gasteiger partial charge in [-0.1, -0.05) is 531 Å². The van der Waals surface area contributed by atoms with Gasteiger partial charge in [-0.2, -0.15) is 0 Å². The third-order valence-corrected chi connectivity index (χ3v) is 31.5. The second-order valence-electron chi connectivity index (χ2n) is 40.1.